The van der Waals surface area contributed by atoms with Crippen LogP contribution < -0.4 is 0 Å². The molecule has 0 amide bonds. The summed E-state index contributed by atoms with van der Waals surface area (Å²) in [5.41, 5.74) is 1.44. The van der Waals surface area contributed by atoms with Gasteiger partial charge in [0.25, 0.3) is 0 Å². The predicted octanol–water partition coefficient (Wildman–Crippen LogP) is 3.31. The Kier molecular flexibility index (Phi) is 5.29. The van der Waals surface area contributed by atoms with Crippen LogP contribution in [0.15, 0.2) is 23.8 Å². The summed E-state index contributed by atoms with van der Waals surface area (Å²) in [7, 11) is 0. The van der Waals surface area contributed by atoms with Crippen molar-refractivity contribution in [1.29, 1.82) is 0 Å². The third-order valence-corrected chi connectivity index (χ3v) is 1.26. The van der Waals surface area contributed by atoms with Crippen LogP contribution in [0, 0.1) is 0 Å². The van der Waals surface area contributed by atoms with Gasteiger partial charge in [-0.3, -0.25) is 0 Å². The van der Waals surface area contributed by atoms with E-state index in [1.165, 1.54) is 5.57 Å². The van der Waals surface area contributed by atoms with Crippen LogP contribution >= 0.6 is 0 Å². The standard InChI is InChI=1S/C9H16/c1-4-7-9(6-3)8-5-2/h4,7-8H,5-6H2,1-3H3/b7-4-,9-8-. The highest BCUT2D eigenvalue weighted by molar-refractivity contribution is 5.16. The number of hydrogen-bond donors (Lipinski definition) is 0. The third-order valence-electron chi connectivity index (χ3n) is 1.26. The van der Waals surface area contributed by atoms with Gasteiger partial charge in [-0.2, -0.15) is 0 Å². The van der Waals surface area contributed by atoms with Crippen molar-refractivity contribution in [2.24, 2.45) is 0 Å². The van der Waals surface area contributed by atoms with Gasteiger partial charge >= 0.3 is 0 Å². The normalized spacial score (nSPS) is 13.0. The molecule has 0 aromatic carbocycles. The molecular weight excluding hydrogens is 108 g/mol. The molecule has 0 radical (unpaired) electrons. The second kappa shape index (κ2) is 5.61. The summed E-state index contributed by atoms with van der Waals surface area (Å²) in [4.78, 5) is 0. The van der Waals surface area contributed by atoms with Crippen LogP contribution in [-0.4, -0.2) is 0 Å². The highest BCUT2D eigenvalue weighted by Crippen LogP contribution is 2.02. The van der Waals surface area contributed by atoms with Gasteiger partial charge in [0.05, 0.1) is 0 Å². The second-order valence-corrected chi connectivity index (χ2v) is 2.04. The molecule has 9 heavy (non-hydrogen) atoms. The Morgan fingerprint density at radius 3 is 2.33 bits per heavy atom. The molecule has 0 atom stereocenters. The Balaban J connectivity index is 3.81. The summed E-state index contributed by atoms with van der Waals surface area (Å²) >= 11 is 0. The largest absolute Gasteiger partial charge is 0.0874 e. The van der Waals surface area contributed by atoms with Crippen LogP contribution in [0.2, 0.25) is 0 Å². The molecule has 0 saturated heterocycles. The fraction of sp³-hybridized carbons (Fsp3) is 0.556. The smallest absolute Gasteiger partial charge is 0.0311 e. The van der Waals surface area contributed by atoms with E-state index in [4.69, 9.17) is 0 Å². The average molecular weight is 124 g/mol. The van der Waals surface area contributed by atoms with Crippen molar-refractivity contribution < 1.29 is 0 Å². The van der Waals surface area contributed by atoms with Gasteiger partial charge in [0.15, 0.2) is 0 Å². The SMILES string of the molecule is C/C=C\C(=C/CC)CC. The molecule has 0 aliphatic carbocycles. The van der Waals surface area contributed by atoms with Crippen LogP contribution in [0.3, 0.4) is 0 Å². The molecule has 0 rings (SSSR count). The molecule has 0 unspecified atom stereocenters. The Hall–Kier alpha value is -0.520. The monoisotopic (exact) mass is 124 g/mol. The lowest BCUT2D eigenvalue weighted by molar-refractivity contribution is 1.10. The molecule has 0 saturated carbocycles. The first-order valence-corrected chi connectivity index (χ1v) is 3.66. The van der Waals surface area contributed by atoms with Crippen molar-refractivity contribution in [2.45, 2.75) is 33.6 Å². The fourth-order valence-electron chi connectivity index (χ4n) is 0.806. The zero-order valence-corrected chi connectivity index (χ0v) is 6.65. The van der Waals surface area contributed by atoms with E-state index in [1.807, 2.05) is 0 Å². The van der Waals surface area contributed by atoms with E-state index < -0.39 is 0 Å². The highest BCUT2D eigenvalue weighted by Gasteiger charge is 1.82. The Labute approximate surface area is 58.3 Å². The molecule has 0 bridgehead atoms. The second-order valence-electron chi connectivity index (χ2n) is 2.04. The first-order chi connectivity index (χ1) is 4.35. The van der Waals surface area contributed by atoms with E-state index in [-0.39, 0.29) is 0 Å². The molecular formula is C9H16. The summed E-state index contributed by atoms with van der Waals surface area (Å²) in [5, 5.41) is 0. The first-order valence-electron chi connectivity index (χ1n) is 3.66. The van der Waals surface area contributed by atoms with Gasteiger partial charge in [0.2, 0.25) is 0 Å². The minimum absolute atomic E-state index is 1.15. The molecule has 0 aliphatic rings. The average Bonchev–Trinajstić information content (AvgIpc) is 1.88. The van der Waals surface area contributed by atoms with Crippen LogP contribution in [0.4, 0.5) is 0 Å². The van der Waals surface area contributed by atoms with Crippen LogP contribution in [0.5, 0.6) is 0 Å². The van der Waals surface area contributed by atoms with Crippen molar-refractivity contribution in [1.82, 2.24) is 0 Å². The Morgan fingerprint density at radius 1 is 1.33 bits per heavy atom. The Morgan fingerprint density at radius 2 is 2.00 bits per heavy atom. The van der Waals surface area contributed by atoms with Crippen LogP contribution in [0.25, 0.3) is 0 Å². The molecule has 0 fully saturated rings. The van der Waals surface area contributed by atoms with E-state index in [1.54, 1.807) is 0 Å². The quantitative estimate of drug-likeness (QED) is 0.506. The molecule has 0 heterocycles. The van der Waals surface area contributed by atoms with E-state index in [2.05, 4.69) is 39.0 Å². The maximum Gasteiger partial charge on any atom is -0.0311 e. The minimum atomic E-state index is 1.15. The van der Waals surface area contributed by atoms with E-state index in [0.717, 1.165) is 12.8 Å². The zero-order valence-electron chi connectivity index (χ0n) is 6.65. The van der Waals surface area contributed by atoms with Crippen molar-refractivity contribution >= 4 is 0 Å². The Bertz CT molecular complexity index is 107. The van der Waals surface area contributed by atoms with E-state index in [0.29, 0.717) is 0 Å². The molecule has 0 aromatic heterocycles. The molecule has 0 heteroatoms. The number of hydrogen-bond acceptors (Lipinski definition) is 0. The topological polar surface area (TPSA) is 0 Å². The molecule has 0 spiro atoms. The highest BCUT2D eigenvalue weighted by atomic mass is 13.9. The van der Waals surface area contributed by atoms with Gasteiger partial charge in [-0.1, -0.05) is 37.6 Å². The minimum Gasteiger partial charge on any atom is -0.0874 e. The summed E-state index contributed by atoms with van der Waals surface area (Å²) in [6.07, 6.45) is 8.82. The first kappa shape index (κ1) is 8.48. The van der Waals surface area contributed by atoms with Crippen molar-refractivity contribution in [3.63, 3.8) is 0 Å². The van der Waals surface area contributed by atoms with Gasteiger partial charge in [-0.05, 0) is 19.8 Å². The lowest BCUT2D eigenvalue weighted by Crippen LogP contribution is -1.72. The van der Waals surface area contributed by atoms with Crippen molar-refractivity contribution in [2.75, 3.05) is 0 Å². The maximum atomic E-state index is 2.26. The summed E-state index contributed by atoms with van der Waals surface area (Å²) in [6.45, 7) is 6.40. The third kappa shape index (κ3) is 4.01. The van der Waals surface area contributed by atoms with Crippen molar-refractivity contribution in [3.05, 3.63) is 23.8 Å². The van der Waals surface area contributed by atoms with Crippen LogP contribution in [0.1, 0.15) is 33.6 Å². The lowest BCUT2D eigenvalue weighted by Gasteiger charge is -1.92. The predicted molar refractivity (Wildman–Crippen MR) is 43.5 cm³/mol. The maximum absolute atomic E-state index is 2.26. The summed E-state index contributed by atoms with van der Waals surface area (Å²) in [5.74, 6) is 0. The fourth-order valence-corrected chi connectivity index (χ4v) is 0.806. The van der Waals surface area contributed by atoms with Gasteiger partial charge in [0.1, 0.15) is 0 Å². The van der Waals surface area contributed by atoms with Gasteiger partial charge in [0, 0.05) is 0 Å². The van der Waals surface area contributed by atoms with Gasteiger partial charge < -0.3 is 0 Å². The molecule has 52 valence electrons. The molecule has 0 aromatic rings. The van der Waals surface area contributed by atoms with Gasteiger partial charge in [-0.15, -0.1) is 0 Å². The van der Waals surface area contributed by atoms with E-state index >= 15 is 0 Å². The molecule has 0 aliphatic heterocycles. The summed E-state index contributed by atoms with van der Waals surface area (Å²) < 4.78 is 0. The zero-order chi connectivity index (χ0) is 7.11. The number of rotatable bonds is 3. The van der Waals surface area contributed by atoms with Gasteiger partial charge in [-0.25, -0.2) is 0 Å². The lowest BCUT2D eigenvalue weighted by atomic mass is 10.1. The van der Waals surface area contributed by atoms with Crippen molar-refractivity contribution in [3.8, 4) is 0 Å². The number of allylic oxidation sites excluding steroid dienone is 4. The van der Waals surface area contributed by atoms with Crippen LogP contribution in [-0.2, 0) is 0 Å². The molecule has 0 nitrogen and oxygen atoms in total. The van der Waals surface area contributed by atoms with E-state index in [9.17, 15) is 0 Å². The molecule has 0 N–H and O–H groups in total. The summed E-state index contributed by atoms with van der Waals surface area (Å²) in [6, 6.07) is 0.